The molecule has 21 heavy (non-hydrogen) atoms. The Morgan fingerprint density at radius 1 is 1.10 bits per heavy atom. The maximum atomic E-state index is 11.5. The number of carbonyl (C=O) groups is 3. The molecule has 0 radical (unpaired) electrons. The summed E-state index contributed by atoms with van der Waals surface area (Å²) in [5.74, 6) is -1.13. The second-order valence-corrected chi connectivity index (χ2v) is 4.62. The van der Waals surface area contributed by atoms with Crippen LogP contribution in [0.25, 0.3) is 0 Å². The third kappa shape index (κ3) is 10.8. The Hall–Kier alpha value is -1.63. The molecule has 7 nitrogen and oxygen atoms in total. The molecule has 0 aromatic carbocycles. The molecule has 122 valence electrons. The van der Waals surface area contributed by atoms with E-state index < -0.39 is 0 Å². The maximum Gasteiger partial charge on any atom is 0.308 e. The van der Waals surface area contributed by atoms with E-state index in [0.717, 1.165) is 0 Å². The van der Waals surface area contributed by atoms with Gasteiger partial charge in [-0.3, -0.25) is 14.4 Å². The highest BCUT2D eigenvalue weighted by atomic mass is 16.5. The Bertz CT molecular complexity index is 333. The van der Waals surface area contributed by atoms with Crippen molar-refractivity contribution in [2.75, 3.05) is 33.4 Å². The van der Waals surface area contributed by atoms with Crippen LogP contribution in [0.1, 0.15) is 33.1 Å². The van der Waals surface area contributed by atoms with E-state index in [4.69, 9.17) is 9.47 Å². The summed E-state index contributed by atoms with van der Waals surface area (Å²) in [7, 11) is 1.76. The van der Waals surface area contributed by atoms with E-state index in [-0.39, 0.29) is 36.6 Å². The Kier molecular flexibility index (Phi) is 11.2. The van der Waals surface area contributed by atoms with E-state index in [1.54, 1.807) is 20.9 Å². The van der Waals surface area contributed by atoms with Crippen molar-refractivity contribution in [1.29, 1.82) is 0 Å². The third-order valence-electron chi connectivity index (χ3n) is 2.76. The van der Waals surface area contributed by atoms with Crippen molar-refractivity contribution >= 4 is 17.8 Å². The molecule has 0 aliphatic heterocycles. The minimum Gasteiger partial charge on any atom is -0.466 e. The highest BCUT2D eigenvalue weighted by Gasteiger charge is 2.14. The molecule has 0 saturated carbocycles. The van der Waals surface area contributed by atoms with Gasteiger partial charge in [-0.05, 0) is 20.4 Å². The van der Waals surface area contributed by atoms with Crippen LogP contribution in [0.5, 0.6) is 0 Å². The molecule has 0 unspecified atom stereocenters. The van der Waals surface area contributed by atoms with Gasteiger partial charge in [0, 0.05) is 19.5 Å². The molecule has 0 rings (SSSR count). The van der Waals surface area contributed by atoms with Crippen LogP contribution < -0.4 is 10.6 Å². The molecule has 7 heteroatoms. The first-order valence-corrected chi connectivity index (χ1v) is 7.24. The molecule has 0 saturated heterocycles. The van der Waals surface area contributed by atoms with Gasteiger partial charge in [-0.25, -0.2) is 0 Å². The predicted octanol–water partition coefficient (Wildman–Crippen LogP) is 0.235. The van der Waals surface area contributed by atoms with Crippen LogP contribution in [0, 0.1) is 5.92 Å². The number of likely N-dealkylation sites (N-methyl/N-ethyl adjacent to an activating group) is 1. The number of nitrogens with one attached hydrogen (secondary N) is 2. The normalized spacial score (nSPS) is 11.6. The van der Waals surface area contributed by atoms with E-state index in [0.29, 0.717) is 32.7 Å². The van der Waals surface area contributed by atoms with Gasteiger partial charge in [0.2, 0.25) is 5.91 Å². The first-order valence-electron chi connectivity index (χ1n) is 7.24. The number of hydrogen-bond donors (Lipinski definition) is 2. The van der Waals surface area contributed by atoms with Crippen molar-refractivity contribution in [3.63, 3.8) is 0 Å². The van der Waals surface area contributed by atoms with Crippen molar-refractivity contribution in [2.24, 2.45) is 5.92 Å². The molecular formula is C14H26N2O5. The number of ether oxygens (including phenoxy) is 2. The molecule has 2 N–H and O–H groups in total. The van der Waals surface area contributed by atoms with Gasteiger partial charge < -0.3 is 20.1 Å². The van der Waals surface area contributed by atoms with Crippen LogP contribution in [0.3, 0.4) is 0 Å². The van der Waals surface area contributed by atoms with Gasteiger partial charge in [0.25, 0.3) is 0 Å². The minimum absolute atomic E-state index is 0.0585. The largest absolute Gasteiger partial charge is 0.466 e. The minimum atomic E-state index is -0.389. The lowest BCUT2D eigenvalue weighted by atomic mass is 10.1. The Morgan fingerprint density at radius 3 is 2.43 bits per heavy atom. The van der Waals surface area contributed by atoms with Gasteiger partial charge in [-0.1, -0.05) is 6.92 Å². The van der Waals surface area contributed by atoms with Gasteiger partial charge in [-0.2, -0.15) is 0 Å². The molecule has 0 aromatic heterocycles. The fourth-order valence-electron chi connectivity index (χ4n) is 1.47. The van der Waals surface area contributed by atoms with Crippen molar-refractivity contribution in [1.82, 2.24) is 10.6 Å². The van der Waals surface area contributed by atoms with Crippen molar-refractivity contribution in [3.8, 4) is 0 Å². The summed E-state index contributed by atoms with van der Waals surface area (Å²) >= 11 is 0. The van der Waals surface area contributed by atoms with Gasteiger partial charge in [0.1, 0.15) is 6.61 Å². The first-order chi connectivity index (χ1) is 10.0. The number of carbonyl (C=O) groups excluding carboxylic acids is 3. The summed E-state index contributed by atoms with van der Waals surface area (Å²) in [6, 6.07) is 0. The highest BCUT2D eigenvalue weighted by molar-refractivity contribution is 5.81. The van der Waals surface area contributed by atoms with Gasteiger partial charge in [-0.15, -0.1) is 0 Å². The van der Waals surface area contributed by atoms with E-state index in [2.05, 4.69) is 10.6 Å². The third-order valence-corrected chi connectivity index (χ3v) is 2.76. The van der Waals surface area contributed by atoms with E-state index in [1.165, 1.54) is 0 Å². The first kappa shape index (κ1) is 19.4. The SMILES string of the molecule is CCOC(=O)[C@H](C)CCNC(=O)CCC(=O)OCCNC. The topological polar surface area (TPSA) is 93.7 Å². The van der Waals surface area contributed by atoms with Crippen LogP contribution in [0.4, 0.5) is 0 Å². The van der Waals surface area contributed by atoms with E-state index in [9.17, 15) is 14.4 Å². The zero-order valence-electron chi connectivity index (χ0n) is 13.1. The molecule has 1 atom stereocenters. The fourth-order valence-corrected chi connectivity index (χ4v) is 1.47. The van der Waals surface area contributed by atoms with Crippen molar-refractivity contribution in [2.45, 2.75) is 33.1 Å². The van der Waals surface area contributed by atoms with Gasteiger partial charge in [0.15, 0.2) is 0 Å². The molecule has 0 spiro atoms. The molecule has 0 heterocycles. The zero-order chi connectivity index (χ0) is 16.1. The molecule has 0 aliphatic carbocycles. The number of hydrogen-bond acceptors (Lipinski definition) is 6. The Balaban J connectivity index is 3.66. The van der Waals surface area contributed by atoms with Crippen LogP contribution in [-0.2, 0) is 23.9 Å². The number of esters is 2. The summed E-state index contributed by atoms with van der Waals surface area (Å²) < 4.78 is 9.76. The van der Waals surface area contributed by atoms with Crippen molar-refractivity contribution in [3.05, 3.63) is 0 Å². The Morgan fingerprint density at radius 2 is 1.81 bits per heavy atom. The summed E-state index contributed by atoms with van der Waals surface area (Å²) in [5, 5.41) is 5.52. The average Bonchev–Trinajstić information content (AvgIpc) is 2.45. The van der Waals surface area contributed by atoms with Gasteiger partial charge >= 0.3 is 11.9 Å². The monoisotopic (exact) mass is 302 g/mol. The van der Waals surface area contributed by atoms with Crippen molar-refractivity contribution < 1.29 is 23.9 Å². The van der Waals surface area contributed by atoms with Crippen LogP contribution in [0.15, 0.2) is 0 Å². The highest BCUT2D eigenvalue weighted by Crippen LogP contribution is 2.03. The molecule has 0 aliphatic rings. The lowest BCUT2D eigenvalue weighted by molar-refractivity contribution is -0.147. The van der Waals surface area contributed by atoms with Crippen LogP contribution >= 0.6 is 0 Å². The molecular weight excluding hydrogens is 276 g/mol. The number of amides is 1. The smallest absolute Gasteiger partial charge is 0.308 e. The maximum absolute atomic E-state index is 11.5. The molecule has 0 fully saturated rings. The summed E-state index contributed by atoms with van der Waals surface area (Å²) in [6.45, 7) is 5.13. The molecule has 0 aromatic rings. The summed E-state index contributed by atoms with van der Waals surface area (Å²) in [6.07, 6.45) is 0.659. The standard InChI is InChI=1S/C14H26N2O5/c1-4-20-14(19)11(2)7-8-16-12(17)5-6-13(18)21-10-9-15-3/h11,15H,4-10H2,1-3H3,(H,16,17)/t11-/m1/s1. The Labute approximate surface area is 125 Å². The summed E-state index contributed by atoms with van der Waals surface area (Å²) in [5.41, 5.74) is 0. The quantitative estimate of drug-likeness (QED) is 0.419. The van der Waals surface area contributed by atoms with Crippen LogP contribution in [0.2, 0.25) is 0 Å². The van der Waals surface area contributed by atoms with E-state index >= 15 is 0 Å². The van der Waals surface area contributed by atoms with Crippen LogP contribution in [-0.4, -0.2) is 51.2 Å². The van der Waals surface area contributed by atoms with E-state index in [1.807, 2.05) is 0 Å². The second-order valence-electron chi connectivity index (χ2n) is 4.62. The zero-order valence-corrected chi connectivity index (χ0v) is 13.1. The predicted molar refractivity (Wildman–Crippen MR) is 77.5 cm³/mol. The van der Waals surface area contributed by atoms with Gasteiger partial charge in [0.05, 0.1) is 18.9 Å². The lowest BCUT2D eigenvalue weighted by Gasteiger charge is -2.11. The average molecular weight is 302 g/mol. The molecule has 1 amide bonds. The lowest BCUT2D eigenvalue weighted by Crippen LogP contribution is -2.28. The molecule has 0 bridgehead atoms. The second kappa shape index (κ2) is 12.1. The fraction of sp³-hybridized carbons (Fsp3) is 0.786. The number of rotatable bonds is 11. The summed E-state index contributed by atoms with van der Waals surface area (Å²) in [4.78, 5) is 34.1.